The Labute approximate surface area is 101 Å². The highest BCUT2D eigenvalue weighted by Crippen LogP contribution is 2.17. The molecule has 18 heavy (non-hydrogen) atoms. The van der Waals surface area contributed by atoms with Crippen LogP contribution in [0.2, 0.25) is 0 Å². The van der Waals surface area contributed by atoms with E-state index in [1.807, 2.05) is 6.07 Å². The summed E-state index contributed by atoms with van der Waals surface area (Å²) < 4.78 is 1.25. The summed E-state index contributed by atoms with van der Waals surface area (Å²) in [6.45, 7) is 0. The first-order valence-electron chi connectivity index (χ1n) is 4.74. The minimum Gasteiger partial charge on any atom is -0.478 e. The van der Waals surface area contributed by atoms with E-state index < -0.39 is 5.97 Å². The largest absolute Gasteiger partial charge is 0.478 e. The number of pyridine rings is 1. The summed E-state index contributed by atoms with van der Waals surface area (Å²) >= 11 is 0. The summed E-state index contributed by atoms with van der Waals surface area (Å²) in [6.07, 6.45) is 3.80. The molecule has 0 atom stereocenters. The molecule has 0 fully saturated rings. The van der Waals surface area contributed by atoms with Gasteiger partial charge in [-0.1, -0.05) is 0 Å². The third-order valence-corrected chi connectivity index (χ3v) is 2.27. The quantitative estimate of drug-likeness (QED) is 0.824. The molecule has 0 unspecified atom stereocenters. The van der Waals surface area contributed by atoms with Gasteiger partial charge in [-0.2, -0.15) is 10.5 Å². The first-order chi connectivity index (χ1) is 8.69. The number of carbonyl (C=O) groups is 1. The highest BCUT2D eigenvalue weighted by molar-refractivity contribution is 5.91. The Bertz CT molecular complexity index is 705. The van der Waals surface area contributed by atoms with Crippen molar-refractivity contribution < 1.29 is 9.90 Å². The van der Waals surface area contributed by atoms with Gasteiger partial charge in [0.05, 0.1) is 5.69 Å². The summed E-state index contributed by atoms with van der Waals surface area (Å²) in [6, 6.07) is 5.03. The molecule has 0 spiro atoms. The molecule has 2 heterocycles. The third kappa shape index (κ3) is 1.66. The van der Waals surface area contributed by atoms with Gasteiger partial charge in [-0.15, -0.1) is 0 Å². The summed E-state index contributed by atoms with van der Waals surface area (Å²) in [5.41, 5.74) is 0.107. The number of nitriles is 2. The first kappa shape index (κ1) is 11.3. The zero-order valence-corrected chi connectivity index (χ0v) is 8.90. The lowest BCUT2D eigenvalue weighted by Crippen LogP contribution is -2.06. The van der Waals surface area contributed by atoms with E-state index in [9.17, 15) is 4.79 Å². The van der Waals surface area contributed by atoms with Gasteiger partial charge in [-0.25, -0.2) is 9.78 Å². The Morgan fingerprint density at radius 3 is 2.78 bits per heavy atom. The molecule has 2 rings (SSSR count). The highest BCUT2D eigenvalue weighted by atomic mass is 16.4. The van der Waals surface area contributed by atoms with Crippen LogP contribution in [0, 0.1) is 22.7 Å². The maximum atomic E-state index is 11.0. The van der Waals surface area contributed by atoms with Crippen LogP contribution < -0.4 is 0 Å². The lowest BCUT2D eigenvalue weighted by molar-refractivity contribution is 0.0696. The van der Waals surface area contributed by atoms with E-state index in [-0.39, 0.29) is 22.6 Å². The van der Waals surface area contributed by atoms with Gasteiger partial charge in [0.15, 0.2) is 11.4 Å². The Hall–Kier alpha value is -3.19. The number of aromatic carboxylic acids is 1. The average Bonchev–Trinajstić information content (AvgIpc) is 2.81. The van der Waals surface area contributed by atoms with E-state index in [2.05, 4.69) is 9.97 Å². The minimum absolute atomic E-state index is 0.00815. The molecule has 0 aliphatic carbocycles. The normalized spacial score (nSPS) is 9.44. The topological polar surface area (TPSA) is 116 Å². The van der Waals surface area contributed by atoms with Crippen molar-refractivity contribution in [3.05, 3.63) is 41.7 Å². The highest BCUT2D eigenvalue weighted by Gasteiger charge is 2.17. The maximum Gasteiger partial charge on any atom is 0.339 e. The van der Waals surface area contributed by atoms with E-state index in [1.54, 1.807) is 6.07 Å². The Morgan fingerprint density at radius 1 is 1.39 bits per heavy atom. The molecule has 2 aromatic rings. The number of imidazole rings is 1. The standard InChI is InChI=1S/C11H5N5O2/c12-3-8-10(4-13)16(6-15-8)9-1-2-14-5-7(9)11(17)18/h1-2,5-6H,(H,17,18). The van der Waals surface area contributed by atoms with Crippen molar-refractivity contribution in [2.45, 2.75) is 0 Å². The van der Waals surface area contributed by atoms with Gasteiger partial charge in [0.1, 0.15) is 24.0 Å². The lowest BCUT2D eigenvalue weighted by Gasteiger charge is -2.06. The molecule has 7 heteroatoms. The minimum atomic E-state index is -1.17. The van der Waals surface area contributed by atoms with Crippen LogP contribution in [0.3, 0.4) is 0 Å². The monoisotopic (exact) mass is 239 g/mol. The molecular weight excluding hydrogens is 234 g/mol. The second kappa shape index (κ2) is 4.36. The van der Waals surface area contributed by atoms with Gasteiger partial charge in [0.25, 0.3) is 0 Å². The number of rotatable bonds is 2. The number of hydrogen-bond donors (Lipinski definition) is 1. The van der Waals surface area contributed by atoms with E-state index in [1.165, 1.54) is 29.4 Å². The molecule has 0 amide bonds. The van der Waals surface area contributed by atoms with Crippen molar-refractivity contribution in [2.24, 2.45) is 0 Å². The predicted octanol–water partition coefficient (Wildman–Crippen LogP) is 0.709. The Balaban J connectivity index is 2.72. The number of carboxylic acids is 1. The molecular formula is C11H5N5O2. The zero-order valence-electron chi connectivity index (χ0n) is 8.90. The molecule has 2 aromatic heterocycles. The van der Waals surface area contributed by atoms with Crippen molar-refractivity contribution >= 4 is 5.97 Å². The van der Waals surface area contributed by atoms with E-state index in [0.717, 1.165) is 0 Å². The van der Waals surface area contributed by atoms with E-state index in [4.69, 9.17) is 15.6 Å². The van der Waals surface area contributed by atoms with E-state index in [0.29, 0.717) is 0 Å². The number of aromatic nitrogens is 3. The summed E-state index contributed by atoms with van der Waals surface area (Å²) in [5, 5.41) is 26.8. The van der Waals surface area contributed by atoms with Crippen LogP contribution >= 0.6 is 0 Å². The summed E-state index contributed by atoms with van der Waals surface area (Å²) in [5.74, 6) is -1.17. The van der Waals surface area contributed by atoms with Gasteiger partial charge in [0.2, 0.25) is 0 Å². The molecule has 7 nitrogen and oxygen atoms in total. The maximum absolute atomic E-state index is 11.0. The van der Waals surface area contributed by atoms with Crippen molar-refractivity contribution in [1.82, 2.24) is 14.5 Å². The van der Waals surface area contributed by atoms with Crippen LogP contribution in [0.5, 0.6) is 0 Å². The van der Waals surface area contributed by atoms with Gasteiger partial charge >= 0.3 is 5.97 Å². The first-order valence-corrected chi connectivity index (χ1v) is 4.74. The van der Waals surface area contributed by atoms with Crippen molar-refractivity contribution in [3.8, 4) is 17.8 Å². The number of nitrogens with zero attached hydrogens (tertiary/aromatic N) is 5. The fraction of sp³-hybridized carbons (Fsp3) is 0. The van der Waals surface area contributed by atoms with Crippen molar-refractivity contribution in [1.29, 1.82) is 10.5 Å². The fourth-order valence-electron chi connectivity index (χ4n) is 1.48. The van der Waals surface area contributed by atoms with Crippen molar-refractivity contribution in [2.75, 3.05) is 0 Å². The van der Waals surface area contributed by atoms with E-state index >= 15 is 0 Å². The molecule has 1 N–H and O–H groups in total. The Morgan fingerprint density at radius 2 is 2.17 bits per heavy atom. The number of carboxylic acid groups (broad SMARTS) is 1. The smallest absolute Gasteiger partial charge is 0.339 e. The summed E-state index contributed by atoms with van der Waals surface area (Å²) in [7, 11) is 0. The molecule has 0 aliphatic rings. The van der Waals surface area contributed by atoms with Gasteiger partial charge in [0, 0.05) is 12.4 Å². The van der Waals surface area contributed by atoms with Crippen LogP contribution in [0.25, 0.3) is 5.69 Å². The van der Waals surface area contributed by atoms with Crippen LogP contribution in [0.1, 0.15) is 21.7 Å². The molecule has 0 saturated heterocycles. The lowest BCUT2D eigenvalue weighted by atomic mass is 10.2. The zero-order chi connectivity index (χ0) is 13.1. The van der Waals surface area contributed by atoms with Crippen LogP contribution in [0.4, 0.5) is 0 Å². The van der Waals surface area contributed by atoms with Crippen molar-refractivity contribution in [3.63, 3.8) is 0 Å². The molecule has 86 valence electrons. The third-order valence-electron chi connectivity index (χ3n) is 2.27. The van der Waals surface area contributed by atoms with Gasteiger partial charge in [-0.3, -0.25) is 9.55 Å². The van der Waals surface area contributed by atoms with Crippen LogP contribution in [0.15, 0.2) is 24.8 Å². The number of hydrogen-bond acceptors (Lipinski definition) is 5. The molecule has 0 bridgehead atoms. The average molecular weight is 239 g/mol. The molecule has 0 aromatic carbocycles. The summed E-state index contributed by atoms with van der Waals surface area (Å²) in [4.78, 5) is 18.5. The second-order valence-electron chi connectivity index (χ2n) is 3.23. The second-order valence-corrected chi connectivity index (χ2v) is 3.23. The SMILES string of the molecule is N#Cc1ncn(-c2ccncc2C(=O)O)c1C#N. The Kier molecular flexibility index (Phi) is 2.73. The van der Waals surface area contributed by atoms with Gasteiger partial charge < -0.3 is 5.11 Å². The van der Waals surface area contributed by atoms with Crippen LogP contribution in [-0.4, -0.2) is 25.6 Å². The molecule has 0 radical (unpaired) electrons. The fourth-order valence-corrected chi connectivity index (χ4v) is 1.48. The van der Waals surface area contributed by atoms with Crippen LogP contribution in [-0.2, 0) is 0 Å². The predicted molar refractivity (Wildman–Crippen MR) is 57.7 cm³/mol. The molecule has 0 aliphatic heterocycles. The van der Waals surface area contributed by atoms with Gasteiger partial charge in [-0.05, 0) is 6.07 Å². The molecule has 0 saturated carbocycles.